The van der Waals surface area contributed by atoms with Gasteiger partial charge in [-0.3, -0.25) is 4.79 Å². The molecule has 0 aliphatic carbocycles. The average Bonchev–Trinajstić information content (AvgIpc) is 3.15. The molecule has 0 aliphatic heterocycles. The lowest BCUT2D eigenvalue weighted by atomic mass is 10.1. The highest BCUT2D eigenvalue weighted by atomic mass is 79.9. The van der Waals surface area contributed by atoms with E-state index in [4.69, 9.17) is 18.9 Å². The number of methoxy groups -OCH3 is 1. The maximum atomic E-state index is 12.6. The lowest BCUT2D eigenvalue weighted by Crippen LogP contribution is -2.13. The molecule has 1 aromatic heterocycles. The molecular formula is C28H29Br2NO5. The summed E-state index contributed by atoms with van der Waals surface area (Å²) in [5.41, 5.74) is 4.71. The van der Waals surface area contributed by atoms with Gasteiger partial charge < -0.3 is 23.5 Å². The number of nitrogens with zero attached hydrogens (tertiary/aromatic N) is 1. The normalized spacial score (nSPS) is 11.5. The van der Waals surface area contributed by atoms with Gasteiger partial charge in [0.2, 0.25) is 0 Å². The van der Waals surface area contributed by atoms with E-state index in [0.717, 1.165) is 36.4 Å². The minimum atomic E-state index is -0.0571. The van der Waals surface area contributed by atoms with Crippen molar-refractivity contribution in [3.05, 3.63) is 68.6 Å². The molecule has 0 radical (unpaired) electrons. The Hall–Kier alpha value is -2.23. The molecule has 0 fully saturated rings. The smallest absolute Gasteiger partial charge is 0.163 e. The van der Waals surface area contributed by atoms with E-state index < -0.39 is 0 Å². The summed E-state index contributed by atoms with van der Waals surface area (Å²) in [5, 5.41) is 2.31. The maximum Gasteiger partial charge on any atom is 0.163 e. The van der Waals surface area contributed by atoms with Crippen LogP contribution in [-0.4, -0.2) is 57.1 Å². The van der Waals surface area contributed by atoms with Gasteiger partial charge in [-0.2, -0.15) is 0 Å². The summed E-state index contributed by atoms with van der Waals surface area (Å²) in [6.45, 7) is 6.48. The van der Waals surface area contributed by atoms with Crippen LogP contribution >= 0.6 is 31.9 Å². The van der Waals surface area contributed by atoms with Gasteiger partial charge in [0.15, 0.2) is 5.78 Å². The number of rotatable bonds is 12. The minimum Gasteiger partial charge on any atom is -0.490 e. The summed E-state index contributed by atoms with van der Waals surface area (Å²) in [6.07, 6.45) is 0. The van der Waals surface area contributed by atoms with E-state index >= 15 is 0 Å². The molecule has 0 saturated carbocycles. The van der Waals surface area contributed by atoms with Crippen LogP contribution < -0.4 is 4.74 Å². The number of Topliss-reactive ketones (excluding diaryl/α,β-unsaturated/α-hetero) is 1. The molecule has 0 bridgehead atoms. The molecule has 0 unspecified atom stereocenters. The first-order valence-corrected chi connectivity index (χ1v) is 13.3. The van der Waals surface area contributed by atoms with Crippen molar-refractivity contribution >= 4 is 59.4 Å². The fourth-order valence-electron chi connectivity index (χ4n) is 4.13. The molecule has 0 spiro atoms. The van der Waals surface area contributed by atoms with Crippen molar-refractivity contribution in [3.8, 4) is 11.4 Å². The highest BCUT2D eigenvalue weighted by molar-refractivity contribution is 9.10. The Bertz CT molecular complexity index is 1380. The molecule has 36 heavy (non-hydrogen) atoms. The van der Waals surface area contributed by atoms with Gasteiger partial charge in [0.25, 0.3) is 0 Å². The third-order valence-corrected chi connectivity index (χ3v) is 7.25. The lowest BCUT2D eigenvalue weighted by molar-refractivity contribution is 0.0179. The standard InChI is InChI=1S/C28H29Br2NO5/c1-18-14-24-22-6-4-20(29)15-26(22)31(27(24)17-25(18)30)21-5-7-28(23(16-21)19(2)32)36-13-12-35-11-10-34-9-8-33-3/h4-7,14-17H,8-13H2,1-3H3. The number of fused-ring (bicyclic) bond motifs is 3. The summed E-state index contributed by atoms with van der Waals surface area (Å²) in [4.78, 5) is 12.6. The number of hydrogen-bond acceptors (Lipinski definition) is 5. The Morgan fingerprint density at radius 2 is 1.53 bits per heavy atom. The Kier molecular flexibility index (Phi) is 9.19. The van der Waals surface area contributed by atoms with Crippen LogP contribution in [0.25, 0.3) is 27.5 Å². The number of hydrogen-bond donors (Lipinski definition) is 0. The van der Waals surface area contributed by atoms with Gasteiger partial charge in [0.1, 0.15) is 12.4 Å². The van der Waals surface area contributed by atoms with E-state index in [2.05, 4.69) is 73.7 Å². The SMILES string of the molecule is COCCOCCOCCOc1ccc(-n2c3cc(Br)ccc3c3cc(C)c(Br)cc32)cc1C(C)=O. The highest BCUT2D eigenvalue weighted by Crippen LogP contribution is 2.37. The zero-order chi connectivity index (χ0) is 25.7. The van der Waals surface area contributed by atoms with Crippen molar-refractivity contribution in [2.75, 3.05) is 46.8 Å². The van der Waals surface area contributed by atoms with Gasteiger partial charge in [-0.05, 0) is 61.9 Å². The highest BCUT2D eigenvalue weighted by Gasteiger charge is 2.17. The van der Waals surface area contributed by atoms with Crippen LogP contribution in [0.2, 0.25) is 0 Å². The van der Waals surface area contributed by atoms with Crippen molar-refractivity contribution in [1.29, 1.82) is 0 Å². The van der Waals surface area contributed by atoms with E-state index in [1.54, 1.807) is 14.0 Å². The predicted molar refractivity (Wildman–Crippen MR) is 150 cm³/mol. The Morgan fingerprint density at radius 1 is 0.833 bits per heavy atom. The third-order valence-electron chi connectivity index (χ3n) is 5.90. The van der Waals surface area contributed by atoms with Crippen molar-refractivity contribution in [1.82, 2.24) is 4.57 Å². The molecule has 8 heteroatoms. The second kappa shape index (κ2) is 12.3. The van der Waals surface area contributed by atoms with Gasteiger partial charge >= 0.3 is 0 Å². The first-order valence-electron chi connectivity index (χ1n) is 11.7. The number of benzene rings is 3. The lowest BCUT2D eigenvalue weighted by Gasteiger charge is -2.14. The summed E-state index contributed by atoms with van der Waals surface area (Å²) in [5.74, 6) is 0.489. The maximum absolute atomic E-state index is 12.6. The molecule has 6 nitrogen and oxygen atoms in total. The molecule has 190 valence electrons. The number of halogens is 2. The van der Waals surface area contributed by atoms with Crippen LogP contribution in [0.5, 0.6) is 5.75 Å². The van der Waals surface area contributed by atoms with Crippen LogP contribution in [0.4, 0.5) is 0 Å². The monoisotopic (exact) mass is 617 g/mol. The molecule has 0 atom stereocenters. The average molecular weight is 619 g/mol. The number of ketones is 1. The van der Waals surface area contributed by atoms with Gasteiger partial charge in [0, 0.05) is 32.5 Å². The van der Waals surface area contributed by atoms with Crippen molar-refractivity contribution in [3.63, 3.8) is 0 Å². The Labute approximate surface area is 227 Å². The van der Waals surface area contributed by atoms with E-state index in [1.807, 2.05) is 18.2 Å². The van der Waals surface area contributed by atoms with Gasteiger partial charge in [0.05, 0.1) is 49.6 Å². The van der Waals surface area contributed by atoms with Crippen LogP contribution in [0.15, 0.2) is 57.5 Å². The molecule has 3 aromatic carbocycles. The number of carbonyl (C=O) groups is 1. The first-order chi connectivity index (χ1) is 17.4. The zero-order valence-electron chi connectivity index (χ0n) is 20.6. The Morgan fingerprint density at radius 3 is 2.25 bits per heavy atom. The fraction of sp³-hybridized carbons (Fsp3) is 0.321. The number of aryl methyl sites for hydroxylation is 1. The Balaban J connectivity index is 1.59. The molecule has 0 saturated heterocycles. The van der Waals surface area contributed by atoms with E-state index in [1.165, 1.54) is 5.56 Å². The summed E-state index contributed by atoms with van der Waals surface area (Å²) < 4.78 is 26.0. The van der Waals surface area contributed by atoms with Crippen LogP contribution in [0.3, 0.4) is 0 Å². The number of ether oxygens (including phenoxy) is 4. The number of carbonyl (C=O) groups excluding carboxylic acids is 1. The van der Waals surface area contributed by atoms with Crippen molar-refractivity contribution < 1.29 is 23.7 Å². The minimum absolute atomic E-state index is 0.0571. The van der Waals surface area contributed by atoms with Crippen LogP contribution in [0, 0.1) is 6.92 Å². The third kappa shape index (κ3) is 6.01. The largest absolute Gasteiger partial charge is 0.490 e. The summed E-state index contributed by atoms with van der Waals surface area (Å²) in [7, 11) is 1.64. The topological polar surface area (TPSA) is 58.9 Å². The molecule has 1 heterocycles. The predicted octanol–water partition coefficient (Wildman–Crippen LogP) is 6.88. The molecule has 4 aromatic rings. The van der Waals surface area contributed by atoms with Crippen LogP contribution in [-0.2, 0) is 14.2 Å². The summed E-state index contributed by atoms with van der Waals surface area (Å²) >= 11 is 7.30. The van der Waals surface area contributed by atoms with E-state index in [9.17, 15) is 4.79 Å². The fourth-order valence-corrected chi connectivity index (χ4v) is 4.81. The van der Waals surface area contributed by atoms with E-state index in [0.29, 0.717) is 51.0 Å². The van der Waals surface area contributed by atoms with Gasteiger partial charge in [-0.25, -0.2) is 0 Å². The molecular weight excluding hydrogens is 590 g/mol. The van der Waals surface area contributed by atoms with Crippen LogP contribution in [0.1, 0.15) is 22.8 Å². The first kappa shape index (κ1) is 26.8. The zero-order valence-corrected chi connectivity index (χ0v) is 23.8. The second-order valence-corrected chi connectivity index (χ2v) is 10.2. The quantitative estimate of drug-likeness (QED) is 0.128. The van der Waals surface area contributed by atoms with Gasteiger partial charge in [-0.15, -0.1) is 0 Å². The molecule has 0 amide bonds. The number of aromatic nitrogens is 1. The molecule has 4 rings (SSSR count). The van der Waals surface area contributed by atoms with Gasteiger partial charge in [-0.1, -0.05) is 37.9 Å². The molecule has 0 aliphatic rings. The summed E-state index contributed by atoms with van der Waals surface area (Å²) in [6, 6.07) is 16.3. The second-order valence-electron chi connectivity index (χ2n) is 8.42. The van der Waals surface area contributed by atoms with Crippen molar-refractivity contribution in [2.24, 2.45) is 0 Å². The van der Waals surface area contributed by atoms with E-state index in [-0.39, 0.29) is 5.78 Å². The molecule has 0 N–H and O–H groups in total. The van der Waals surface area contributed by atoms with Crippen molar-refractivity contribution in [2.45, 2.75) is 13.8 Å².